The number of ether oxygens (including phenoxy) is 1. The van der Waals surface area contributed by atoms with Gasteiger partial charge in [-0.2, -0.15) is 5.10 Å². The lowest BCUT2D eigenvalue weighted by molar-refractivity contribution is -0.137. The molecule has 0 fully saturated rings. The third-order valence-electron chi connectivity index (χ3n) is 4.57. The van der Waals surface area contributed by atoms with Crippen molar-refractivity contribution < 1.29 is 24.2 Å². The van der Waals surface area contributed by atoms with E-state index in [2.05, 4.69) is 5.10 Å². The smallest absolute Gasteiger partial charge is 0.414 e. The fraction of sp³-hybridized carbons (Fsp3) is 0.400. The molecule has 1 unspecified atom stereocenters. The van der Waals surface area contributed by atoms with Gasteiger partial charge in [0.2, 0.25) is 5.91 Å². The van der Waals surface area contributed by atoms with E-state index in [0.29, 0.717) is 23.5 Å². The summed E-state index contributed by atoms with van der Waals surface area (Å²) in [6.45, 7) is 6.99. The van der Waals surface area contributed by atoms with Gasteiger partial charge in [0, 0.05) is 25.2 Å². The Bertz CT molecular complexity index is 952. The van der Waals surface area contributed by atoms with Crippen LogP contribution in [-0.4, -0.2) is 51.5 Å². The maximum absolute atomic E-state index is 12.7. The van der Waals surface area contributed by atoms with Crippen LogP contribution in [0.1, 0.15) is 27.7 Å². The number of amides is 2. The second kappa shape index (κ2) is 7.94. The molecule has 0 spiro atoms. The van der Waals surface area contributed by atoms with E-state index in [1.165, 1.54) is 16.5 Å². The first-order valence-electron chi connectivity index (χ1n) is 9.34. The number of carbonyl (C=O) groups is 3. The average Bonchev–Trinajstić information content (AvgIpc) is 3.07. The molecule has 0 saturated heterocycles. The third kappa shape index (κ3) is 4.23. The fourth-order valence-electron chi connectivity index (χ4n) is 3.46. The second-order valence-electron chi connectivity index (χ2n) is 7.30. The maximum Gasteiger partial charge on any atom is 0.414 e. The number of aliphatic carboxylic acids is 1. The number of rotatable bonds is 4. The zero-order valence-corrected chi connectivity index (χ0v) is 16.8. The Morgan fingerprint density at radius 1 is 1.24 bits per heavy atom. The highest BCUT2D eigenvalue weighted by atomic mass is 16.6. The molecule has 2 amide bonds. The number of fused-ring (bicyclic) bond motifs is 1. The monoisotopic (exact) mass is 400 g/mol. The summed E-state index contributed by atoms with van der Waals surface area (Å²) in [5, 5.41) is 13.0. The van der Waals surface area contributed by atoms with Gasteiger partial charge in [-0.1, -0.05) is 6.07 Å². The molecule has 0 saturated carbocycles. The van der Waals surface area contributed by atoms with Crippen molar-refractivity contribution in [2.24, 2.45) is 0 Å². The molecule has 1 aliphatic rings. The van der Waals surface area contributed by atoms with Gasteiger partial charge in [-0.15, -0.1) is 0 Å². The van der Waals surface area contributed by atoms with Crippen LogP contribution < -0.4 is 9.80 Å². The molecule has 2 heterocycles. The number of carboxylic acid groups (broad SMARTS) is 1. The van der Waals surface area contributed by atoms with Crippen LogP contribution in [0, 0.1) is 0 Å². The number of hydrogen-bond donors (Lipinski definition) is 1. The molecule has 2 aromatic rings. The highest BCUT2D eigenvalue weighted by Gasteiger charge is 2.34. The topological polar surface area (TPSA) is 105 Å². The van der Waals surface area contributed by atoms with Crippen molar-refractivity contribution in [3.63, 3.8) is 0 Å². The summed E-state index contributed by atoms with van der Waals surface area (Å²) in [6, 6.07) is 5.19. The SMILES string of the molecule is CC(=O)N1c2ccc(-c3cnn(CC(=O)O)c3)cc2N(C(=O)OC(C)C)CC1C. The molecule has 0 radical (unpaired) electrons. The van der Waals surface area contributed by atoms with Crippen LogP contribution in [-0.2, 0) is 20.9 Å². The normalized spacial score (nSPS) is 16.0. The molecule has 1 aliphatic heterocycles. The van der Waals surface area contributed by atoms with Crippen LogP contribution in [0.4, 0.5) is 16.2 Å². The Morgan fingerprint density at radius 3 is 2.59 bits per heavy atom. The van der Waals surface area contributed by atoms with Crippen molar-refractivity contribution in [3.8, 4) is 11.1 Å². The van der Waals surface area contributed by atoms with Crippen molar-refractivity contribution in [2.45, 2.75) is 46.4 Å². The Balaban J connectivity index is 2.04. The van der Waals surface area contributed by atoms with E-state index < -0.39 is 12.1 Å². The summed E-state index contributed by atoms with van der Waals surface area (Å²) in [7, 11) is 0. The molecule has 1 aromatic heterocycles. The summed E-state index contributed by atoms with van der Waals surface area (Å²) in [4.78, 5) is 39.0. The van der Waals surface area contributed by atoms with Crippen LogP contribution >= 0.6 is 0 Å². The number of hydrogen-bond acceptors (Lipinski definition) is 5. The zero-order valence-electron chi connectivity index (χ0n) is 16.8. The highest BCUT2D eigenvalue weighted by Crippen LogP contribution is 2.39. The minimum atomic E-state index is -0.987. The van der Waals surface area contributed by atoms with Crippen molar-refractivity contribution in [1.29, 1.82) is 0 Å². The molecule has 9 nitrogen and oxygen atoms in total. The van der Waals surface area contributed by atoms with Crippen LogP contribution in [0.25, 0.3) is 11.1 Å². The van der Waals surface area contributed by atoms with Gasteiger partial charge in [-0.25, -0.2) is 4.79 Å². The predicted octanol–water partition coefficient (Wildman–Crippen LogP) is 2.74. The zero-order chi connectivity index (χ0) is 21.3. The lowest BCUT2D eigenvalue weighted by atomic mass is 10.0. The van der Waals surface area contributed by atoms with Gasteiger partial charge in [0.25, 0.3) is 0 Å². The predicted molar refractivity (Wildman–Crippen MR) is 107 cm³/mol. The molecular weight excluding hydrogens is 376 g/mol. The molecule has 9 heteroatoms. The van der Waals surface area contributed by atoms with E-state index in [0.717, 1.165) is 5.56 Å². The van der Waals surface area contributed by atoms with Crippen LogP contribution in [0.5, 0.6) is 0 Å². The average molecular weight is 400 g/mol. The number of carboxylic acids is 1. The van der Waals surface area contributed by atoms with E-state index >= 15 is 0 Å². The molecule has 0 aliphatic carbocycles. The van der Waals surface area contributed by atoms with Crippen molar-refractivity contribution in [1.82, 2.24) is 9.78 Å². The third-order valence-corrected chi connectivity index (χ3v) is 4.57. The first kappa shape index (κ1) is 20.4. The van der Waals surface area contributed by atoms with Crippen molar-refractivity contribution in [3.05, 3.63) is 30.6 Å². The minimum absolute atomic E-state index is 0.113. The number of anilines is 2. The van der Waals surface area contributed by atoms with Crippen LogP contribution in [0.2, 0.25) is 0 Å². The standard InChI is InChI=1S/C20H24N4O5/c1-12(2)29-20(28)23-9-13(3)24(14(4)25)17-6-5-15(7-18(17)23)16-8-21-22(10-16)11-19(26)27/h5-8,10,12-13H,9,11H2,1-4H3,(H,26,27). The van der Waals surface area contributed by atoms with Gasteiger partial charge in [0.1, 0.15) is 6.54 Å². The molecule has 1 aromatic carbocycles. The summed E-state index contributed by atoms with van der Waals surface area (Å²) in [5.41, 5.74) is 2.64. The molecule has 3 rings (SSSR count). The van der Waals surface area contributed by atoms with Gasteiger partial charge in [-0.3, -0.25) is 19.2 Å². The first-order valence-corrected chi connectivity index (χ1v) is 9.34. The molecule has 0 bridgehead atoms. The molecule has 1 N–H and O–H groups in total. The summed E-state index contributed by atoms with van der Waals surface area (Å²) in [5.74, 6) is -1.10. The summed E-state index contributed by atoms with van der Waals surface area (Å²) in [6.07, 6.45) is 2.44. The summed E-state index contributed by atoms with van der Waals surface area (Å²) >= 11 is 0. The molecular formula is C20H24N4O5. The van der Waals surface area contributed by atoms with E-state index in [1.54, 1.807) is 43.3 Å². The number of carbonyl (C=O) groups excluding carboxylic acids is 2. The number of aromatic nitrogens is 2. The Morgan fingerprint density at radius 2 is 1.97 bits per heavy atom. The van der Waals surface area contributed by atoms with E-state index in [9.17, 15) is 14.4 Å². The highest BCUT2D eigenvalue weighted by molar-refractivity contribution is 6.03. The van der Waals surface area contributed by atoms with Gasteiger partial charge in [0.05, 0.1) is 29.7 Å². The number of benzene rings is 1. The maximum atomic E-state index is 12.7. The van der Waals surface area contributed by atoms with Crippen LogP contribution in [0.15, 0.2) is 30.6 Å². The second-order valence-corrected chi connectivity index (χ2v) is 7.30. The molecule has 1 atom stereocenters. The van der Waals surface area contributed by atoms with E-state index in [4.69, 9.17) is 9.84 Å². The quantitative estimate of drug-likeness (QED) is 0.846. The molecule has 154 valence electrons. The van der Waals surface area contributed by atoms with Gasteiger partial charge >= 0.3 is 12.1 Å². The van der Waals surface area contributed by atoms with Gasteiger partial charge < -0.3 is 14.7 Å². The minimum Gasteiger partial charge on any atom is -0.480 e. The molecule has 29 heavy (non-hydrogen) atoms. The number of nitrogens with zero attached hydrogens (tertiary/aromatic N) is 4. The lowest BCUT2D eigenvalue weighted by Gasteiger charge is -2.40. The van der Waals surface area contributed by atoms with Gasteiger partial charge in [-0.05, 0) is 38.5 Å². The van der Waals surface area contributed by atoms with Crippen LogP contribution in [0.3, 0.4) is 0 Å². The summed E-state index contributed by atoms with van der Waals surface area (Å²) < 4.78 is 6.71. The van der Waals surface area contributed by atoms with Crippen molar-refractivity contribution >= 4 is 29.3 Å². The largest absolute Gasteiger partial charge is 0.480 e. The first-order chi connectivity index (χ1) is 13.7. The van der Waals surface area contributed by atoms with E-state index in [1.807, 2.05) is 13.0 Å². The van der Waals surface area contributed by atoms with Gasteiger partial charge in [0.15, 0.2) is 0 Å². The van der Waals surface area contributed by atoms with Crippen molar-refractivity contribution in [2.75, 3.05) is 16.3 Å². The Kier molecular flexibility index (Phi) is 5.58. The fourth-order valence-corrected chi connectivity index (χ4v) is 3.46. The Labute approximate surface area is 168 Å². The van der Waals surface area contributed by atoms with E-state index in [-0.39, 0.29) is 24.6 Å². The Hall–Kier alpha value is -3.36. The lowest BCUT2D eigenvalue weighted by Crippen LogP contribution is -2.51.